The number of likely N-dealkylation sites (N-methyl/N-ethyl adjacent to an activating group) is 1. The highest BCUT2D eigenvalue weighted by molar-refractivity contribution is 6.32. The molecule has 0 unspecified atom stereocenters. The fourth-order valence-electron chi connectivity index (χ4n) is 2.28. The molecule has 0 aliphatic carbocycles. The zero-order valence-electron chi connectivity index (χ0n) is 10.7. The highest BCUT2D eigenvalue weighted by atomic mass is 35.5. The van der Waals surface area contributed by atoms with E-state index in [-0.39, 0.29) is 12.7 Å². The number of hydrogen-bond acceptors (Lipinski definition) is 4. The number of benzene rings is 1. The Morgan fingerprint density at radius 1 is 1.21 bits per heavy atom. The van der Waals surface area contributed by atoms with Gasteiger partial charge in [-0.05, 0) is 19.2 Å². The summed E-state index contributed by atoms with van der Waals surface area (Å²) in [6, 6.07) is 3.35. The minimum Gasteiger partial charge on any atom is -0.454 e. The van der Waals surface area contributed by atoms with Crippen LogP contribution in [-0.2, 0) is 0 Å². The van der Waals surface area contributed by atoms with E-state index in [1.807, 2.05) is 4.90 Å². The first-order valence-electron chi connectivity index (χ1n) is 6.22. The van der Waals surface area contributed by atoms with Crippen molar-refractivity contribution in [2.24, 2.45) is 0 Å². The molecule has 0 N–H and O–H groups in total. The third-order valence-electron chi connectivity index (χ3n) is 3.46. The summed E-state index contributed by atoms with van der Waals surface area (Å²) < 4.78 is 10.5. The fraction of sp³-hybridized carbons (Fsp3) is 0.462. The number of amides is 1. The van der Waals surface area contributed by atoms with Crippen LogP contribution in [0, 0.1) is 0 Å². The van der Waals surface area contributed by atoms with Crippen molar-refractivity contribution in [1.82, 2.24) is 9.80 Å². The molecule has 1 fully saturated rings. The molecule has 0 bridgehead atoms. The van der Waals surface area contributed by atoms with Crippen LogP contribution in [0.1, 0.15) is 10.4 Å². The van der Waals surface area contributed by atoms with Gasteiger partial charge in [0.05, 0.1) is 5.02 Å². The van der Waals surface area contributed by atoms with Crippen LogP contribution in [-0.4, -0.2) is 55.7 Å². The maximum Gasteiger partial charge on any atom is 0.254 e. The van der Waals surface area contributed by atoms with Gasteiger partial charge in [0.1, 0.15) is 0 Å². The summed E-state index contributed by atoms with van der Waals surface area (Å²) in [4.78, 5) is 16.5. The van der Waals surface area contributed by atoms with Crippen molar-refractivity contribution in [2.75, 3.05) is 40.0 Å². The largest absolute Gasteiger partial charge is 0.454 e. The average molecular weight is 283 g/mol. The lowest BCUT2D eigenvalue weighted by Crippen LogP contribution is -2.47. The molecular formula is C13H15ClN2O3. The summed E-state index contributed by atoms with van der Waals surface area (Å²) in [5.74, 6) is 1.06. The van der Waals surface area contributed by atoms with E-state index >= 15 is 0 Å². The Hall–Kier alpha value is -1.46. The number of hydrogen-bond donors (Lipinski definition) is 0. The first-order valence-corrected chi connectivity index (χ1v) is 6.60. The Balaban J connectivity index is 1.82. The molecule has 0 saturated carbocycles. The number of nitrogens with zero attached hydrogens (tertiary/aromatic N) is 2. The van der Waals surface area contributed by atoms with E-state index in [9.17, 15) is 4.79 Å². The molecule has 5 nitrogen and oxygen atoms in total. The summed E-state index contributed by atoms with van der Waals surface area (Å²) in [5.41, 5.74) is 0.554. The molecule has 0 radical (unpaired) electrons. The Kier molecular flexibility index (Phi) is 3.24. The Bertz CT molecular complexity index is 513. The van der Waals surface area contributed by atoms with Crippen molar-refractivity contribution < 1.29 is 14.3 Å². The highest BCUT2D eigenvalue weighted by Crippen LogP contribution is 2.40. The molecular weight excluding hydrogens is 268 g/mol. The standard InChI is InChI=1S/C13H15ClN2O3/c1-15-2-4-16(5-3-15)13(17)9-6-10(14)12-11(7-9)18-8-19-12/h6-7H,2-5,8H2,1H3. The lowest BCUT2D eigenvalue weighted by Gasteiger charge is -2.32. The number of ether oxygens (including phenoxy) is 2. The first-order chi connectivity index (χ1) is 9.15. The van der Waals surface area contributed by atoms with Gasteiger partial charge in [-0.3, -0.25) is 4.79 Å². The SMILES string of the molecule is CN1CCN(C(=O)c2cc(Cl)c3c(c2)OCO3)CC1. The van der Waals surface area contributed by atoms with Gasteiger partial charge in [-0.2, -0.15) is 0 Å². The van der Waals surface area contributed by atoms with Gasteiger partial charge in [-0.15, -0.1) is 0 Å². The monoisotopic (exact) mass is 282 g/mol. The van der Waals surface area contributed by atoms with Crippen LogP contribution in [0.3, 0.4) is 0 Å². The van der Waals surface area contributed by atoms with Crippen LogP contribution in [0.4, 0.5) is 0 Å². The second kappa shape index (κ2) is 4.90. The van der Waals surface area contributed by atoms with Crippen LogP contribution < -0.4 is 9.47 Å². The molecule has 0 aromatic heterocycles. The second-order valence-electron chi connectivity index (χ2n) is 4.79. The third-order valence-corrected chi connectivity index (χ3v) is 3.75. The van der Waals surface area contributed by atoms with E-state index in [1.165, 1.54) is 0 Å². The van der Waals surface area contributed by atoms with Crippen molar-refractivity contribution in [1.29, 1.82) is 0 Å². The van der Waals surface area contributed by atoms with Crippen LogP contribution in [0.15, 0.2) is 12.1 Å². The molecule has 19 heavy (non-hydrogen) atoms. The molecule has 1 aromatic rings. The van der Waals surface area contributed by atoms with Gasteiger partial charge in [-0.1, -0.05) is 11.6 Å². The molecule has 102 valence electrons. The first kappa shape index (κ1) is 12.6. The van der Waals surface area contributed by atoms with Crippen molar-refractivity contribution in [3.05, 3.63) is 22.7 Å². The van der Waals surface area contributed by atoms with Gasteiger partial charge in [0.2, 0.25) is 6.79 Å². The van der Waals surface area contributed by atoms with E-state index in [2.05, 4.69) is 11.9 Å². The van der Waals surface area contributed by atoms with E-state index < -0.39 is 0 Å². The quantitative estimate of drug-likeness (QED) is 0.782. The second-order valence-corrected chi connectivity index (χ2v) is 5.19. The van der Waals surface area contributed by atoms with E-state index in [1.54, 1.807) is 12.1 Å². The average Bonchev–Trinajstić information content (AvgIpc) is 2.87. The third kappa shape index (κ3) is 2.35. The number of fused-ring (bicyclic) bond motifs is 1. The Morgan fingerprint density at radius 2 is 1.95 bits per heavy atom. The number of carbonyl (C=O) groups is 1. The summed E-state index contributed by atoms with van der Waals surface area (Å²) in [6.07, 6.45) is 0. The summed E-state index contributed by atoms with van der Waals surface area (Å²) in [5, 5.41) is 0.424. The predicted molar refractivity (Wildman–Crippen MR) is 71.0 cm³/mol. The summed E-state index contributed by atoms with van der Waals surface area (Å²) in [6.45, 7) is 3.41. The van der Waals surface area contributed by atoms with Crippen LogP contribution in [0.5, 0.6) is 11.5 Å². The molecule has 2 aliphatic heterocycles. The summed E-state index contributed by atoms with van der Waals surface area (Å²) >= 11 is 6.10. The zero-order chi connectivity index (χ0) is 13.4. The van der Waals surface area contributed by atoms with Gasteiger partial charge >= 0.3 is 0 Å². The van der Waals surface area contributed by atoms with Crippen molar-refractivity contribution in [2.45, 2.75) is 0 Å². The number of carbonyl (C=O) groups excluding carboxylic acids is 1. The smallest absolute Gasteiger partial charge is 0.254 e. The Morgan fingerprint density at radius 3 is 2.68 bits per heavy atom. The molecule has 2 aliphatic rings. The minimum atomic E-state index is -0.00620. The summed E-state index contributed by atoms with van der Waals surface area (Å²) in [7, 11) is 2.05. The lowest BCUT2D eigenvalue weighted by atomic mass is 10.1. The predicted octanol–water partition coefficient (Wildman–Crippen LogP) is 1.46. The van der Waals surface area contributed by atoms with Crippen LogP contribution >= 0.6 is 11.6 Å². The topological polar surface area (TPSA) is 42.0 Å². The Labute approximate surface area is 116 Å². The van der Waals surface area contributed by atoms with Gasteiger partial charge < -0.3 is 19.3 Å². The maximum atomic E-state index is 12.4. The van der Waals surface area contributed by atoms with Crippen molar-refractivity contribution in [3.8, 4) is 11.5 Å². The highest BCUT2D eigenvalue weighted by Gasteiger charge is 2.24. The zero-order valence-corrected chi connectivity index (χ0v) is 11.4. The lowest BCUT2D eigenvalue weighted by molar-refractivity contribution is 0.0663. The molecule has 0 atom stereocenters. The van der Waals surface area contributed by atoms with Crippen molar-refractivity contribution in [3.63, 3.8) is 0 Å². The number of piperazine rings is 1. The minimum absolute atomic E-state index is 0.00620. The van der Waals surface area contributed by atoms with Crippen LogP contribution in [0.2, 0.25) is 5.02 Å². The molecule has 0 spiro atoms. The van der Waals surface area contributed by atoms with Crippen molar-refractivity contribution >= 4 is 17.5 Å². The molecule has 1 saturated heterocycles. The number of rotatable bonds is 1. The van der Waals surface area contributed by atoms with Gasteiger partial charge in [-0.25, -0.2) is 0 Å². The number of halogens is 1. The van der Waals surface area contributed by atoms with E-state index in [0.717, 1.165) is 26.2 Å². The normalized spacial score (nSPS) is 18.7. The maximum absolute atomic E-state index is 12.4. The van der Waals surface area contributed by atoms with Crippen LogP contribution in [0.25, 0.3) is 0 Å². The molecule has 2 heterocycles. The molecule has 6 heteroatoms. The molecule has 1 aromatic carbocycles. The fourth-order valence-corrected chi connectivity index (χ4v) is 2.55. The van der Waals surface area contributed by atoms with E-state index in [4.69, 9.17) is 21.1 Å². The molecule has 3 rings (SSSR count). The van der Waals surface area contributed by atoms with Gasteiger partial charge in [0, 0.05) is 31.7 Å². The van der Waals surface area contributed by atoms with Gasteiger partial charge in [0.25, 0.3) is 5.91 Å². The van der Waals surface area contributed by atoms with Gasteiger partial charge in [0.15, 0.2) is 11.5 Å². The molecule has 1 amide bonds. The van der Waals surface area contributed by atoms with E-state index in [0.29, 0.717) is 22.1 Å².